The number of hydrogen-bond acceptors (Lipinski definition) is 5. The highest BCUT2D eigenvalue weighted by molar-refractivity contribution is 6.03. The number of methoxy groups -OCH3 is 1. The lowest BCUT2D eigenvalue weighted by Crippen LogP contribution is -2.27. The molecular weight excluding hydrogens is 298 g/mol. The van der Waals surface area contributed by atoms with Gasteiger partial charge in [0.15, 0.2) is 23.0 Å². The summed E-state index contributed by atoms with van der Waals surface area (Å²) in [5, 5.41) is 2.82. The van der Waals surface area contributed by atoms with Crippen molar-refractivity contribution in [2.75, 3.05) is 13.7 Å². The number of carbonyl (C=O) groups excluding carboxylic acids is 2. The molecular formula is C17H17NO5. The summed E-state index contributed by atoms with van der Waals surface area (Å²) in [6.07, 6.45) is 1.64. The fraction of sp³-hybridized carbons (Fsp3) is 0.294. The van der Waals surface area contributed by atoms with Crippen LogP contribution in [0.5, 0.6) is 11.5 Å². The van der Waals surface area contributed by atoms with E-state index in [9.17, 15) is 9.59 Å². The molecule has 0 saturated carbocycles. The van der Waals surface area contributed by atoms with E-state index in [0.717, 1.165) is 5.56 Å². The minimum absolute atomic E-state index is 0.0339. The summed E-state index contributed by atoms with van der Waals surface area (Å²) in [4.78, 5) is 24.4. The molecule has 2 aromatic rings. The Morgan fingerprint density at radius 2 is 2.22 bits per heavy atom. The number of benzene rings is 1. The van der Waals surface area contributed by atoms with E-state index in [1.54, 1.807) is 24.3 Å². The Morgan fingerprint density at radius 1 is 1.39 bits per heavy atom. The van der Waals surface area contributed by atoms with Crippen molar-refractivity contribution in [2.45, 2.75) is 19.4 Å². The highest BCUT2D eigenvalue weighted by Crippen LogP contribution is 2.39. The first-order valence-corrected chi connectivity index (χ1v) is 7.36. The molecule has 1 aliphatic carbocycles. The van der Waals surface area contributed by atoms with Crippen LogP contribution >= 0.6 is 0 Å². The van der Waals surface area contributed by atoms with Gasteiger partial charge in [-0.15, -0.1) is 0 Å². The summed E-state index contributed by atoms with van der Waals surface area (Å²) in [5.74, 6) is 0.892. The van der Waals surface area contributed by atoms with Gasteiger partial charge in [-0.1, -0.05) is 0 Å². The van der Waals surface area contributed by atoms with E-state index in [1.807, 2.05) is 6.92 Å². The van der Waals surface area contributed by atoms with Gasteiger partial charge >= 0.3 is 0 Å². The van der Waals surface area contributed by atoms with Crippen LogP contribution in [0.25, 0.3) is 0 Å². The number of nitrogens with one attached hydrogen (secondary N) is 1. The highest BCUT2D eigenvalue weighted by atomic mass is 16.5. The SMILES string of the molecule is CCOc1cc2c(cc1OC)[C@H](NC(=O)c1ccco1)CC2=O. The van der Waals surface area contributed by atoms with Crippen molar-refractivity contribution in [3.8, 4) is 11.5 Å². The van der Waals surface area contributed by atoms with Crippen LogP contribution in [-0.2, 0) is 0 Å². The molecule has 0 saturated heterocycles. The van der Waals surface area contributed by atoms with Crippen LogP contribution in [0.1, 0.15) is 45.9 Å². The molecule has 6 nitrogen and oxygen atoms in total. The van der Waals surface area contributed by atoms with Gasteiger partial charge in [-0.3, -0.25) is 9.59 Å². The molecule has 0 fully saturated rings. The van der Waals surface area contributed by atoms with E-state index < -0.39 is 6.04 Å². The maximum Gasteiger partial charge on any atom is 0.287 e. The number of rotatable bonds is 5. The maximum atomic E-state index is 12.2. The molecule has 1 amide bonds. The van der Waals surface area contributed by atoms with Gasteiger partial charge in [0.05, 0.1) is 26.0 Å². The standard InChI is InChI=1S/C17H17NO5/c1-3-22-16-8-11-10(7-15(16)21-2)12(9-13(11)19)18-17(20)14-5-4-6-23-14/h4-8,12H,3,9H2,1-2H3,(H,18,20)/t12-/m1/s1. The van der Waals surface area contributed by atoms with Gasteiger partial charge in [-0.25, -0.2) is 0 Å². The molecule has 1 aromatic carbocycles. The first-order chi connectivity index (χ1) is 11.1. The Labute approximate surface area is 133 Å². The number of Topliss-reactive ketones (excluding diaryl/α,β-unsaturated/α-hetero) is 1. The zero-order valence-electron chi connectivity index (χ0n) is 12.9. The van der Waals surface area contributed by atoms with Gasteiger partial charge in [0.1, 0.15) is 0 Å². The van der Waals surface area contributed by atoms with Crippen LogP contribution in [0.4, 0.5) is 0 Å². The lowest BCUT2D eigenvalue weighted by molar-refractivity contribution is 0.0900. The zero-order valence-corrected chi connectivity index (χ0v) is 12.9. The molecule has 0 spiro atoms. The number of amides is 1. The predicted molar refractivity (Wildman–Crippen MR) is 82.0 cm³/mol. The molecule has 1 aromatic heterocycles. The number of ether oxygens (including phenoxy) is 2. The molecule has 120 valence electrons. The van der Waals surface area contributed by atoms with Crippen molar-refractivity contribution in [3.05, 3.63) is 47.4 Å². The molecule has 0 aliphatic heterocycles. The van der Waals surface area contributed by atoms with Gasteiger partial charge in [0.2, 0.25) is 0 Å². The molecule has 1 aliphatic rings. The molecule has 0 unspecified atom stereocenters. The van der Waals surface area contributed by atoms with Crippen molar-refractivity contribution in [1.82, 2.24) is 5.32 Å². The number of fused-ring (bicyclic) bond motifs is 1. The third kappa shape index (κ3) is 2.79. The lowest BCUT2D eigenvalue weighted by Gasteiger charge is -2.15. The molecule has 0 radical (unpaired) electrons. The Hall–Kier alpha value is -2.76. The smallest absolute Gasteiger partial charge is 0.287 e. The van der Waals surface area contributed by atoms with Crippen molar-refractivity contribution in [2.24, 2.45) is 0 Å². The number of carbonyl (C=O) groups is 2. The van der Waals surface area contributed by atoms with Crippen LogP contribution in [0, 0.1) is 0 Å². The summed E-state index contributed by atoms with van der Waals surface area (Å²) in [6.45, 7) is 2.34. The Kier molecular flexibility index (Phi) is 4.06. The molecule has 23 heavy (non-hydrogen) atoms. The Bertz CT molecular complexity index is 736. The highest BCUT2D eigenvalue weighted by Gasteiger charge is 2.32. The molecule has 6 heteroatoms. The van der Waals surface area contributed by atoms with Gasteiger partial charge in [-0.2, -0.15) is 0 Å². The van der Waals surface area contributed by atoms with E-state index in [2.05, 4.69) is 5.32 Å². The average Bonchev–Trinajstić information content (AvgIpc) is 3.17. The van der Waals surface area contributed by atoms with Crippen LogP contribution in [0.3, 0.4) is 0 Å². The first-order valence-electron chi connectivity index (χ1n) is 7.36. The van der Waals surface area contributed by atoms with Crippen LogP contribution in [-0.4, -0.2) is 25.4 Å². The third-order valence-corrected chi connectivity index (χ3v) is 3.75. The summed E-state index contributed by atoms with van der Waals surface area (Å²) in [5.41, 5.74) is 1.29. The van der Waals surface area contributed by atoms with Gasteiger partial charge in [-0.05, 0) is 36.8 Å². The number of ketones is 1. The summed E-state index contributed by atoms with van der Waals surface area (Å²) in [7, 11) is 1.54. The molecule has 1 atom stereocenters. The van der Waals surface area contributed by atoms with E-state index in [0.29, 0.717) is 23.7 Å². The normalized spacial score (nSPS) is 16.1. The fourth-order valence-corrected chi connectivity index (χ4v) is 2.70. The van der Waals surface area contributed by atoms with E-state index in [4.69, 9.17) is 13.9 Å². The second kappa shape index (κ2) is 6.16. The van der Waals surface area contributed by atoms with Crippen molar-refractivity contribution >= 4 is 11.7 Å². The first kappa shape index (κ1) is 15.1. The minimum atomic E-state index is -0.403. The second-order valence-corrected chi connectivity index (χ2v) is 5.15. The summed E-state index contributed by atoms with van der Waals surface area (Å²) >= 11 is 0. The summed E-state index contributed by atoms with van der Waals surface area (Å²) < 4.78 is 15.9. The van der Waals surface area contributed by atoms with Gasteiger partial charge < -0.3 is 19.2 Å². The predicted octanol–water partition coefficient (Wildman–Crippen LogP) is 2.74. The molecule has 3 rings (SSSR count). The average molecular weight is 315 g/mol. The van der Waals surface area contributed by atoms with Crippen LogP contribution < -0.4 is 14.8 Å². The van der Waals surface area contributed by atoms with Crippen molar-refractivity contribution < 1.29 is 23.5 Å². The quantitative estimate of drug-likeness (QED) is 0.918. The lowest BCUT2D eigenvalue weighted by atomic mass is 10.1. The van der Waals surface area contributed by atoms with E-state index in [1.165, 1.54) is 13.4 Å². The van der Waals surface area contributed by atoms with E-state index in [-0.39, 0.29) is 23.9 Å². The fourth-order valence-electron chi connectivity index (χ4n) is 2.70. The molecule has 0 bridgehead atoms. The van der Waals surface area contributed by atoms with Gasteiger partial charge in [0.25, 0.3) is 5.91 Å². The number of hydrogen-bond donors (Lipinski definition) is 1. The zero-order chi connectivity index (χ0) is 16.4. The van der Waals surface area contributed by atoms with Gasteiger partial charge in [0, 0.05) is 12.0 Å². The van der Waals surface area contributed by atoms with Crippen LogP contribution in [0.15, 0.2) is 34.9 Å². The molecule has 1 N–H and O–H groups in total. The largest absolute Gasteiger partial charge is 0.493 e. The Balaban J connectivity index is 1.90. The monoisotopic (exact) mass is 315 g/mol. The van der Waals surface area contributed by atoms with E-state index >= 15 is 0 Å². The number of furan rings is 1. The minimum Gasteiger partial charge on any atom is -0.493 e. The maximum absolute atomic E-state index is 12.2. The van der Waals surface area contributed by atoms with Crippen LogP contribution in [0.2, 0.25) is 0 Å². The topological polar surface area (TPSA) is 77.8 Å². The molecule has 1 heterocycles. The van der Waals surface area contributed by atoms with Crippen molar-refractivity contribution in [1.29, 1.82) is 0 Å². The summed E-state index contributed by atoms with van der Waals surface area (Å²) in [6, 6.07) is 6.24. The van der Waals surface area contributed by atoms with Crippen molar-refractivity contribution in [3.63, 3.8) is 0 Å². The Morgan fingerprint density at radius 3 is 2.87 bits per heavy atom. The third-order valence-electron chi connectivity index (χ3n) is 3.75. The second-order valence-electron chi connectivity index (χ2n) is 5.15.